The summed E-state index contributed by atoms with van der Waals surface area (Å²) in [4.78, 5) is 0. The number of rotatable bonds is 6. The van der Waals surface area contributed by atoms with Crippen molar-refractivity contribution >= 4 is 0 Å². The van der Waals surface area contributed by atoms with Gasteiger partial charge in [0.1, 0.15) is 0 Å². The average Bonchev–Trinajstić information content (AvgIpc) is 1.97. The minimum Gasteiger partial charge on any atom is -0.330 e. The predicted molar refractivity (Wildman–Crippen MR) is 45.7 cm³/mol. The van der Waals surface area contributed by atoms with E-state index < -0.39 is 0 Å². The highest BCUT2D eigenvalue weighted by Crippen LogP contribution is 1.92. The van der Waals surface area contributed by atoms with Gasteiger partial charge in [-0.15, -0.1) is 0 Å². The largest absolute Gasteiger partial charge is 0.330 e. The zero-order chi connectivity index (χ0) is 7.66. The van der Waals surface area contributed by atoms with Crippen molar-refractivity contribution in [2.75, 3.05) is 13.1 Å². The summed E-state index contributed by atoms with van der Waals surface area (Å²) in [6.45, 7) is 1.59. The maximum Gasteiger partial charge on any atom is -0.00743 e. The highest BCUT2D eigenvalue weighted by atomic mass is 14.5. The van der Waals surface area contributed by atoms with E-state index in [2.05, 4.69) is 12.2 Å². The molecular weight excluding hydrogens is 124 g/mol. The lowest BCUT2D eigenvalue weighted by Crippen LogP contribution is -1.97. The van der Waals surface area contributed by atoms with E-state index in [1.165, 1.54) is 0 Å². The molecule has 0 heterocycles. The Morgan fingerprint density at radius 3 is 1.50 bits per heavy atom. The third-order valence-electron chi connectivity index (χ3n) is 1.32. The molecule has 2 heteroatoms. The molecular formula is C8H18N2. The second-order valence-electron chi connectivity index (χ2n) is 2.33. The van der Waals surface area contributed by atoms with Crippen LogP contribution in [0.1, 0.15) is 25.7 Å². The van der Waals surface area contributed by atoms with Crippen molar-refractivity contribution in [3.05, 3.63) is 12.2 Å². The first-order chi connectivity index (χ1) is 4.91. The van der Waals surface area contributed by atoms with Crippen molar-refractivity contribution in [2.45, 2.75) is 25.7 Å². The molecule has 0 aliphatic heterocycles. The van der Waals surface area contributed by atoms with Gasteiger partial charge >= 0.3 is 0 Å². The molecule has 0 saturated carbocycles. The lowest BCUT2D eigenvalue weighted by atomic mass is 10.2. The Hall–Kier alpha value is -0.340. The SMILES string of the molecule is NCCC/C=C/CCCN. The molecule has 0 aromatic rings. The first kappa shape index (κ1) is 9.66. The molecule has 0 spiro atoms. The van der Waals surface area contributed by atoms with E-state index in [0.717, 1.165) is 38.8 Å². The van der Waals surface area contributed by atoms with Crippen LogP contribution in [-0.2, 0) is 0 Å². The van der Waals surface area contributed by atoms with Gasteiger partial charge in [-0.25, -0.2) is 0 Å². The fourth-order valence-corrected chi connectivity index (χ4v) is 0.707. The molecule has 4 N–H and O–H groups in total. The van der Waals surface area contributed by atoms with Crippen LogP contribution in [-0.4, -0.2) is 13.1 Å². The second-order valence-corrected chi connectivity index (χ2v) is 2.33. The minimum atomic E-state index is 0.793. The van der Waals surface area contributed by atoms with E-state index in [4.69, 9.17) is 11.5 Å². The molecule has 0 fully saturated rings. The van der Waals surface area contributed by atoms with Gasteiger partial charge in [-0.1, -0.05) is 12.2 Å². The zero-order valence-electron chi connectivity index (χ0n) is 6.55. The molecule has 0 atom stereocenters. The molecule has 10 heavy (non-hydrogen) atoms. The summed E-state index contributed by atoms with van der Waals surface area (Å²) in [6, 6.07) is 0. The smallest absolute Gasteiger partial charge is 0.00743 e. The topological polar surface area (TPSA) is 52.0 Å². The van der Waals surface area contributed by atoms with Crippen molar-refractivity contribution in [1.29, 1.82) is 0 Å². The van der Waals surface area contributed by atoms with E-state index in [0.29, 0.717) is 0 Å². The summed E-state index contributed by atoms with van der Waals surface area (Å²) < 4.78 is 0. The van der Waals surface area contributed by atoms with Crippen LogP contribution in [0.3, 0.4) is 0 Å². The van der Waals surface area contributed by atoms with Gasteiger partial charge < -0.3 is 11.5 Å². The maximum atomic E-state index is 5.32. The van der Waals surface area contributed by atoms with Crippen LogP contribution in [0.5, 0.6) is 0 Å². The predicted octanol–water partition coefficient (Wildman–Crippen LogP) is 1.02. The first-order valence-corrected chi connectivity index (χ1v) is 3.97. The lowest BCUT2D eigenvalue weighted by molar-refractivity contribution is 0.831. The number of hydrogen-bond donors (Lipinski definition) is 2. The van der Waals surface area contributed by atoms with Crippen LogP contribution in [0.4, 0.5) is 0 Å². The number of nitrogens with two attached hydrogens (primary N) is 2. The summed E-state index contributed by atoms with van der Waals surface area (Å²) in [5.74, 6) is 0. The summed E-state index contributed by atoms with van der Waals surface area (Å²) >= 11 is 0. The Balaban J connectivity index is 2.89. The molecule has 60 valence electrons. The van der Waals surface area contributed by atoms with E-state index in [-0.39, 0.29) is 0 Å². The molecule has 0 rings (SSSR count). The first-order valence-electron chi connectivity index (χ1n) is 3.97. The van der Waals surface area contributed by atoms with Crippen molar-refractivity contribution < 1.29 is 0 Å². The molecule has 0 aliphatic rings. The normalized spacial score (nSPS) is 11.0. The zero-order valence-corrected chi connectivity index (χ0v) is 6.55. The number of unbranched alkanes of at least 4 members (excludes halogenated alkanes) is 2. The molecule has 0 saturated heterocycles. The molecule has 0 radical (unpaired) electrons. The Kier molecular flexibility index (Phi) is 8.37. The van der Waals surface area contributed by atoms with E-state index in [1.54, 1.807) is 0 Å². The standard InChI is InChI=1S/C8H18N2/c9-7-5-3-1-2-4-6-8-10/h1-2H,3-10H2/b2-1+. The quantitative estimate of drug-likeness (QED) is 0.430. The molecule has 0 bridgehead atoms. The molecule has 0 unspecified atom stereocenters. The summed E-state index contributed by atoms with van der Waals surface area (Å²) in [5.41, 5.74) is 10.6. The maximum absolute atomic E-state index is 5.32. The molecule has 0 aromatic heterocycles. The fraction of sp³-hybridized carbons (Fsp3) is 0.750. The van der Waals surface area contributed by atoms with Crippen molar-refractivity contribution in [1.82, 2.24) is 0 Å². The van der Waals surface area contributed by atoms with Gasteiger partial charge in [0.15, 0.2) is 0 Å². The third-order valence-corrected chi connectivity index (χ3v) is 1.32. The average molecular weight is 142 g/mol. The number of allylic oxidation sites excluding steroid dienone is 2. The van der Waals surface area contributed by atoms with Crippen LogP contribution in [0.15, 0.2) is 12.2 Å². The van der Waals surface area contributed by atoms with Crippen LogP contribution in [0.25, 0.3) is 0 Å². The van der Waals surface area contributed by atoms with Gasteiger partial charge in [-0.05, 0) is 38.8 Å². The van der Waals surface area contributed by atoms with Crippen molar-refractivity contribution in [3.63, 3.8) is 0 Å². The number of hydrogen-bond acceptors (Lipinski definition) is 2. The minimum absolute atomic E-state index is 0.793. The third kappa shape index (κ3) is 7.66. The van der Waals surface area contributed by atoms with Gasteiger partial charge in [0, 0.05) is 0 Å². The van der Waals surface area contributed by atoms with Gasteiger partial charge in [0.05, 0.1) is 0 Å². The van der Waals surface area contributed by atoms with Crippen molar-refractivity contribution in [3.8, 4) is 0 Å². The van der Waals surface area contributed by atoms with Crippen LogP contribution in [0.2, 0.25) is 0 Å². The van der Waals surface area contributed by atoms with Gasteiger partial charge in [0.2, 0.25) is 0 Å². The summed E-state index contributed by atoms with van der Waals surface area (Å²) in [7, 11) is 0. The fourth-order valence-electron chi connectivity index (χ4n) is 0.707. The van der Waals surface area contributed by atoms with E-state index in [1.807, 2.05) is 0 Å². The van der Waals surface area contributed by atoms with Gasteiger partial charge in [-0.3, -0.25) is 0 Å². The highest BCUT2D eigenvalue weighted by molar-refractivity contribution is 4.81. The summed E-state index contributed by atoms with van der Waals surface area (Å²) in [6.07, 6.45) is 8.78. The Labute approximate surface area is 63.3 Å². The Bertz CT molecular complexity index is 69.3. The molecule has 0 aromatic carbocycles. The summed E-state index contributed by atoms with van der Waals surface area (Å²) in [5, 5.41) is 0. The van der Waals surface area contributed by atoms with Crippen LogP contribution in [0, 0.1) is 0 Å². The van der Waals surface area contributed by atoms with Crippen LogP contribution < -0.4 is 11.5 Å². The van der Waals surface area contributed by atoms with Crippen LogP contribution >= 0.6 is 0 Å². The van der Waals surface area contributed by atoms with E-state index >= 15 is 0 Å². The monoisotopic (exact) mass is 142 g/mol. The Morgan fingerprint density at radius 2 is 1.20 bits per heavy atom. The Morgan fingerprint density at radius 1 is 0.800 bits per heavy atom. The highest BCUT2D eigenvalue weighted by Gasteiger charge is 1.78. The molecule has 0 aliphatic carbocycles. The molecule has 2 nitrogen and oxygen atoms in total. The van der Waals surface area contributed by atoms with Gasteiger partial charge in [0.25, 0.3) is 0 Å². The second kappa shape index (κ2) is 8.66. The van der Waals surface area contributed by atoms with E-state index in [9.17, 15) is 0 Å². The van der Waals surface area contributed by atoms with Gasteiger partial charge in [-0.2, -0.15) is 0 Å². The lowest BCUT2D eigenvalue weighted by Gasteiger charge is -1.89. The van der Waals surface area contributed by atoms with Crippen molar-refractivity contribution in [2.24, 2.45) is 11.5 Å². The molecule has 0 amide bonds.